The van der Waals surface area contributed by atoms with Crippen LogP contribution in [0.2, 0.25) is 0 Å². The van der Waals surface area contributed by atoms with Crippen LogP contribution in [0.4, 0.5) is 0 Å². The van der Waals surface area contributed by atoms with E-state index < -0.39 is 0 Å². The molecule has 0 aromatic carbocycles. The number of nitrogens with zero attached hydrogens (tertiary/aromatic N) is 2. The fraction of sp³-hybridized carbons (Fsp3) is 0. The molecule has 2 aromatic heterocycles. The van der Waals surface area contributed by atoms with Crippen molar-refractivity contribution >= 4 is 11.0 Å². The van der Waals surface area contributed by atoms with Crippen LogP contribution in [0.3, 0.4) is 0 Å². The molecule has 53 valence electrons. The largest absolute Gasteiger partial charge is 0.287 e. The van der Waals surface area contributed by atoms with E-state index in [1.165, 1.54) is 12.3 Å². The first kappa shape index (κ1) is 6.09. The summed E-state index contributed by atoms with van der Waals surface area (Å²) in [5.74, 6) is -0.0735. The highest BCUT2D eigenvalue weighted by Gasteiger charge is 2.00. The van der Waals surface area contributed by atoms with Crippen LogP contribution in [-0.2, 0) is 5.11 Å². The third kappa shape index (κ3) is 0.902. The van der Waals surface area contributed by atoms with E-state index in [1.54, 1.807) is 18.3 Å². The van der Waals surface area contributed by atoms with Gasteiger partial charge in [0, 0.05) is 18.5 Å². The highest BCUT2D eigenvalue weighted by molar-refractivity contribution is 5.79. The quantitative estimate of drug-likeness (QED) is 0.567. The number of aromatic nitrogens is 2. The zero-order chi connectivity index (χ0) is 7.68. The van der Waals surface area contributed by atoms with Crippen molar-refractivity contribution in [2.45, 2.75) is 0 Å². The number of fused-ring (bicyclic) bond motifs is 1. The molecule has 0 aliphatic rings. The Kier molecular flexibility index (Phi) is 1.22. The maximum Gasteiger partial charge on any atom is 0.207 e. The van der Waals surface area contributed by atoms with Gasteiger partial charge in [0.1, 0.15) is 5.52 Å². The van der Waals surface area contributed by atoms with Gasteiger partial charge in [-0.2, -0.15) is 0 Å². The van der Waals surface area contributed by atoms with Gasteiger partial charge in [-0.25, -0.2) is 0 Å². The smallest absolute Gasteiger partial charge is 0.207 e. The zero-order valence-corrected chi connectivity index (χ0v) is 5.69. The van der Waals surface area contributed by atoms with Gasteiger partial charge in [-0.3, -0.25) is 15.1 Å². The fourth-order valence-corrected chi connectivity index (χ4v) is 0.955. The summed E-state index contributed by atoms with van der Waals surface area (Å²) in [5.41, 5.74) is 1.09. The van der Waals surface area contributed by atoms with E-state index in [0.717, 1.165) is 0 Å². The van der Waals surface area contributed by atoms with E-state index in [-0.39, 0.29) is 5.75 Å². The molecule has 3 heteroatoms. The molecule has 0 fully saturated rings. The van der Waals surface area contributed by atoms with Crippen LogP contribution in [0, 0.1) is 0 Å². The van der Waals surface area contributed by atoms with Crippen molar-refractivity contribution in [3.63, 3.8) is 0 Å². The molecule has 2 rings (SSSR count). The molecular formula is C8H5N2O. The number of hydrogen-bond acceptors (Lipinski definition) is 2. The number of pyridine rings is 2. The van der Waals surface area contributed by atoms with Gasteiger partial charge in [-0.05, 0) is 12.1 Å². The summed E-state index contributed by atoms with van der Waals surface area (Å²) in [6.07, 6.45) is 3.08. The Morgan fingerprint density at radius 3 is 2.82 bits per heavy atom. The second kappa shape index (κ2) is 2.20. The molecule has 0 aliphatic carbocycles. The zero-order valence-electron chi connectivity index (χ0n) is 5.69. The van der Waals surface area contributed by atoms with Gasteiger partial charge >= 0.3 is 0 Å². The summed E-state index contributed by atoms with van der Waals surface area (Å²) in [6.45, 7) is 0. The average Bonchev–Trinajstić information content (AvgIpc) is 2.06. The van der Waals surface area contributed by atoms with E-state index >= 15 is 0 Å². The van der Waals surface area contributed by atoms with Gasteiger partial charge in [0.15, 0.2) is 0 Å². The highest BCUT2D eigenvalue weighted by atomic mass is 16.3. The second-order valence-corrected chi connectivity index (χ2v) is 2.18. The van der Waals surface area contributed by atoms with E-state index in [4.69, 9.17) is 0 Å². The molecule has 0 aliphatic heterocycles. The molecule has 3 nitrogen and oxygen atoms in total. The van der Waals surface area contributed by atoms with E-state index in [0.29, 0.717) is 11.0 Å². The lowest BCUT2D eigenvalue weighted by atomic mass is 10.3. The summed E-state index contributed by atoms with van der Waals surface area (Å²) in [5, 5.41) is 11.1. The van der Waals surface area contributed by atoms with Crippen LogP contribution in [0.15, 0.2) is 30.6 Å². The third-order valence-corrected chi connectivity index (χ3v) is 1.46. The summed E-state index contributed by atoms with van der Waals surface area (Å²) >= 11 is 0. The van der Waals surface area contributed by atoms with Crippen LogP contribution >= 0.6 is 0 Å². The van der Waals surface area contributed by atoms with Crippen molar-refractivity contribution in [1.82, 2.24) is 9.97 Å². The van der Waals surface area contributed by atoms with Gasteiger partial charge in [0.25, 0.3) is 0 Å². The Labute approximate surface area is 63.3 Å². The molecule has 0 amide bonds. The minimum atomic E-state index is -0.0735. The van der Waals surface area contributed by atoms with Crippen molar-refractivity contribution in [2.24, 2.45) is 0 Å². The van der Waals surface area contributed by atoms with E-state index in [2.05, 4.69) is 9.97 Å². The Morgan fingerprint density at radius 1 is 1.09 bits per heavy atom. The van der Waals surface area contributed by atoms with Crippen molar-refractivity contribution in [2.75, 3.05) is 0 Å². The molecule has 0 N–H and O–H groups in total. The Hall–Kier alpha value is -1.64. The van der Waals surface area contributed by atoms with Crippen LogP contribution in [0.1, 0.15) is 0 Å². The first-order chi connectivity index (χ1) is 5.38. The topological polar surface area (TPSA) is 45.7 Å². The first-order valence-corrected chi connectivity index (χ1v) is 3.25. The third-order valence-electron chi connectivity index (χ3n) is 1.46. The van der Waals surface area contributed by atoms with E-state index in [9.17, 15) is 5.11 Å². The molecule has 0 bridgehead atoms. The minimum absolute atomic E-state index is 0.0735. The molecule has 0 atom stereocenters. The fourth-order valence-electron chi connectivity index (χ4n) is 0.955. The lowest BCUT2D eigenvalue weighted by Gasteiger charge is -1.93. The average molecular weight is 145 g/mol. The minimum Gasteiger partial charge on any atom is -0.287 e. The van der Waals surface area contributed by atoms with Crippen molar-refractivity contribution in [1.29, 1.82) is 0 Å². The van der Waals surface area contributed by atoms with Crippen molar-refractivity contribution < 1.29 is 5.11 Å². The maximum absolute atomic E-state index is 11.1. The molecule has 1 radical (unpaired) electrons. The highest BCUT2D eigenvalue weighted by Crippen LogP contribution is 2.18. The molecule has 11 heavy (non-hydrogen) atoms. The lowest BCUT2D eigenvalue weighted by molar-refractivity contribution is 0.359. The summed E-state index contributed by atoms with van der Waals surface area (Å²) < 4.78 is 0. The molecule has 2 heterocycles. The molecular weight excluding hydrogens is 140 g/mol. The van der Waals surface area contributed by atoms with Gasteiger partial charge < -0.3 is 0 Å². The molecule has 0 unspecified atom stereocenters. The van der Waals surface area contributed by atoms with Gasteiger partial charge in [-0.1, -0.05) is 0 Å². The normalized spacial score (nSPS) is 10.2. The Balaban J connectivity index is 2.91. The first-order valence-electron chi connectivity index (χ1n) is 3.25. The van der Waals surface area contributed by atoms with Crippen LogP contribution in [-0.4, -0.2) is 9.97 Å². The number of rotatable bonds is 0. The van der Waals surface area contributed by atoms with Gasteiger partial charge in [0.05, 0.1) is 5.52 Å². The molecule has 2 aromatic rings. The van der Waals surface area contributed by atoms with Crippen LogP contribution < -0.4 is 0 Å². The van der Waals surface area contributed by atoms with Gasteiger partial charge in [0.2, 0.25) is 5.75 Å². The van der Waals surface area contributed by atoms with Crippen LogP contribution in [0.25, 0.3) is 11.0 Å². The Morgan fingerprint density at radius 2 is 2.00 bits per heavy atom. The molecule has 0 spiro atoms. The monoisotopic (exact) mass is 145 g/mol. The summed E-state index contributed by atoms with van der Waals surface area (Å²) in [4.78, 5) is 7.89. The summed E-state index contributed by atoms with van der Waals surface area (Å²) in [6, 6.07) is 4.94. The van der Waals surface area contributed by atoms with Crippen molar-refractivity contribution in [3.8, 4) is 5.75 Å². The predicted octanol–water partition coefficient (Wildman–Crippen LogP) is 1.77. The standard InChI is InChI=1S/C8H5N2O/c11-7-3-5-9-6-2-1-4-10-8(6)7/h1-5H. The molecule has 0 saturated carbocycles. The lowest BCUT2D eigenvalue weighted by Crippen LogP contribution is -1.79. The second-order valence-electron chi connectivity index (χ2n) is 2.18. The van der Waals surface area contributed by atoms with Crippen LogP contribution in [0.5, 0.6) is 5.75 Å². The van der Waals surface area contributed by atoms with Gasteiger partial charge in [-0.15, -0.1) is 0 Å². The van der Waals surface area contributed by atoms with E-state index in [1.807, 2.05) is 0 Å². The molecule has 0 saturated heterocycles. The maximum atomic E-state index is 11.1. The predicted molar refractivity (Wildman–Crippen MR) is 39.7 cm³/mol. The number of hydrogen-bond donors (Lipinski definition) is 0. The SMILES string of the molecule is [O]c1ccnc2cccnc12. The summed E-state index contributed by atoms with van der Waals surface area (Å²) in [7, 11) is 0. The Bertz CT molecular complexity index is 381. The van der Waals surface area contributed by atoms with Crippen molar-refractivity contribution in [3.05, 3.63) is 30.6 Å².